The van der Waals surface area contributed by atoms with E-state index in [0.29, 0.717) is 15.0 Å². The van der Waals surface area contributed by atoms with Crippen molar-refractivity contribution in [2.24, 2.45) is 0 Å². The van der Waals surface area contributed by atoms with E-state index >= 15 is 0 Å². The smallest absolute Gasteiger partial charge is 0.266 e. The Morgan fingerprint density at radius 3 is 2.60 bits per heavy atom. The lowest BCUT2D eigenvalue weighted by molar-refractivity contribution is 0.0729. The highest BCUT2D eigenvalue weighted by atomic mass is 32.1. The Labute approximate surface area is 122 Å². The second-order valence-corrected chi connectivity index (χ2v) is 5.90. The van der Waals surface area contributed by atoms with Crippen LogP contribution in [-0.2, 0) is 0 Å². The van der Waals surface area contributed by atoms with Crippen molar-refractivity contribution in [2.75, 3.05) is 12.8 Å². The molecule has 5 heteroatoms. The molecule has 0 aliphatic rings. The largest absolute Gasteiger partial charge is 0.397 e. The second kappa shape index (κ2) is 5.79. The highest BCUT2D eigenvalue weighted by Gasteiger charge is 2.24. The number of halogens is 1. The Morgan fingerprint density at radius 1 is 1.40 bits per heavy atom. The number of nitrogens with zero attached hydrogens (tertiary/aromatic N) is 1. The van der Waals surface area contributed by atoms with Gasteiger partial charge < -0.3 is 10.6 Å². The molecule has 2 aromatic rings. The van der Waals surface area contributed by atoms with Crippen molar-refractivity contribution in [2.45, 2.75) is 32.7 Å². The van der Waals surface area contributed by atoms with Gasteiger partial charge in [-0.2, -0.15) is 0 Å². The lowest BCUT2D eigenvalue weighted by Crippen LogP contribution is -2.36. The van der Waals surface area contributed by atoms with Crippen molar-refractivity contribution >= 4 is 33.0 Å². The molecular weight excluding hydrogens is 275 g/mol. The van der Waals surface area contributed by atoms with Crippen molar-refractivity contribution in [1.29, 1.82) is 0 Å². The molecule has 1 heterocycles. The van der Waals surface area contributed by atoms with Crippen LogP contribution in [0, 0.1) is 5.82 Å². The third-order valence-electron chi connectivity index (χ3n) is 3.71. The van der Waals surface area contributed by atoms with E-state index in [1.807, 2.05) is 13.8 Å². The number of rotatable bonds is 4. The summed E-state index contributed by atoms with van der Waals surface area (Å²) in [5.74, 6) is -0.503. The number of benzene rings is 1. The third kappa shape index (κ3) is 2.38. The van der Waals surface area contributed by atoms with Gasteiger partial charge in [-0.1, -0.05) is 19.9 Å². The average molecular weight is 294 g/mol. The van der Waals surface area contributed by atoms with E-state index in [-0.39, 0.29) is 23.5 Å². The molecule has 108 valence electrons. The zero-order valence-electron chi connectivity index (χ0n) is 11.9. The molecular formula is C15H19FN2OS. The summed E-state index contributed by atoms with van der Waals surface area (Å²) in [6.07, 6.45) is 1.77. The molecule has 0 aliphatic carbocycles. The van der Waals surface area contributed by atoms with E-state index in [2.05, 4.69) is 0 Å². The van der Waals surface area contributed by atoms with Crippen LogP contribution in [-0.4, -0.2) is 23.9 Å². The molecule has 3 nitrogen and oxygen atoms in total. The number of hydrogen-bond donors (Lipinski definition) is 1. The molecule has 0 fully saturated rings. The monoisotopic (exact) mass is 294 g/mol. The fourth-order valence-corrected chi connectivity index (χ4v) is 3.57. The number of hydrogen-bond acceptors (Lipinski definition) is 3. The van der Waals surface area contributed by atoms with Gasteiger partial charge in [-0.25, -0.2) is 4.39 Å². The Balaban J connectivity index is 2.45. The lowest BCUT2D eigenvalue weighted by atomic mass is 10.1. The molecule has 0 unspecified atom stereocenters. The fraction of sp³-hybridized carbons (Fsp3) is 0.400. The number of carbonyl (C=O) groups excluding carboxylic acids is 1. The molecule has 0 atom stereocenters. The maximum absolute atomic E-state index is 13.8. The Kier molecular flexibility index (Phi) is 4.28. The van der Waals surface area contributed by atoms with Gasteiger partial charge in [0.2, 0.25) is 0 Å². The fourth-order valence-electron chi connectivity index (χ4n) is 2.45. The second-order valence-electron chi connectivity index (χ2n) is 4.84. The summed E-state index contributed by atoms with van der Waals surface area (Å²) in [6, 6.07) is 4.96. The zero-order chi connectivity index (χ0) is 14.9. The van der Waals surface area contributed by atoms with Crippen molar-refractivity contribution < 1.29 is 9.18 Å². The number of nitrogens with two attached hydrogens (primary N) is 1. The number of fused-ring (bicyclic) bond motifs is 1. The normalized spacial score (nSPS) is 11.2. The van der Waals surface area contributed by atoms with Gasteiger partial charge in [-0.05, 0) is 25.0 Å². The molecule has 20 heavy (non-hydrogen) atoms. The number of thiophene rings is 1. The maximum Gasteiger partial charge on any atom is 0.266 e. The van der Waals surface area contributed by atoms with Crippen LogP contribution in [0.2, 0.25) is 0 Å². The van der Waals surface area contributed by atoms with Crippen molar-refractivity contribution in [3.05, 3.63) is 28.9 Å². The summed E-state index contributed by atoms with van der Waals surface area (Å²) in [4.78, 5) is 14.7. The van der Waals surface area contributed by atoms with Crippen molar-refractivity contribution in [1.82, 2.24) is 4.90 Å². The Bertz CT molecular complexity index is 634. The summed E-state index contributed by atoms with van der Waals surface area (Å²) < 4.78 is 14.5. The maximum atomic E-state index is 13.8. The minimum Gasteiger partial charge on any atom is -0.397 e. The van der Waals surface area contributed by atoms with Gasteiger partial charge >= 0.3 is 0 Å². The molecule has 0 saturated carbocycles. The van der Waals surface area contributed by atoms with Gasteiger partial charge in [-0.15, -0.1) is 11.3 Å². The van der Waals surface area contributed by atoms with E-state index in [4.69, 9.17) is 5.73 Å². The lowest BCUT2D eigenvalue weighted by Gasteiger charge is -2.25. The van der Waals surface area contributed by atoms with Crippen LogP contribution in [0.5, 0.6) is 0 Å². The molecule has 0 radical (unpaired) electrons. The first-order chi connectivity index (χ1) is 9.51. The first kappa shape index (κ1) is 14.8. The van der Waals surface area contributed by atoms with Gasteiger partial charge in [0.05, 0.1) is 11.1 Å². The molecule has 0 spiro atoms. The first-order valence-corrected chi connectivity index (χ1v) is 7.56. The summed E-state index contributed by atoms with van der Waals surface area (Å²) in [5, 5.41) is 0.360. The summed E-state index contributed by atoms with van der Waals surface area (Å²) in [6.45, 7) is 4.10. The molecule has 2 rings (SSSR count). The van der Waals surface area contributed by atoms with E-state index in [1.165, 1.54) is 17.4 Å². The number of carbonyl (C=O) groups is 1. The van der Waals surface area contributed by atoms with Gasteiger partial charge in [0.1, 0.15) is 10.7 Å². The quantitative estimate of drug-likeness (QED) is 0.930. The van der Waals surface area contributed by atoms with E-state index < -0.39 is 0 Å². The number of amides is 1. The van der Waals surface area contributed by atoms with E-state index in [0.717, 1.165) is 12.8 Å². The molecule has 1 aromatic heterocycles. The van der Waals surface area contributed by atoms with Crippen LogP contribution in [0.15, 0.2) is 18.2 Å². The molecule has 2 N–H and O–H groups in total. The third-order valence-corrected chi connectivity index (χ3v) is 4.86. The number of anilines is 1. The Morgan fingerprint density at radius 2 is 2.05 bits per heavy atom. The van der Waals surface area contributed by atoms with Crippen LogP contribution < -0.4 is 5.73 Å². The highest BCUT2D eigenvalue weighted by molar-refractivity contribution is 7.21. The van der Waals surface area contributed by atoms with Crippen LogP contribution in [0.1, 0.15) is 36.4 Å². The molecule has 1 aromatic carbocycles. The average Bonchev–Trinajstić information content (AvgIpc) is 2.78. The summed E-state index contributed by atoms with van der Waals surface area (Å²) >= 11 is 1.26. The van der Waals surface area contributed by atoms with E-state index in [1.54, 1.807) is 24.1 Å². The SMILES string of the molecule is CCC(CC)N(C)C(=O)c1sc2cccc(F)c2c1N. The predicted octanol–water partition coefficient (Wildman–Crippen LogP) is 3.88. The van der Waals surface area contributed by atoms with Gasteiger partial charge in [0, 0.05) is 17.8 Å². The zero-order valence-corrected chi connectivity index (χ0v) is 12.8. The highest BCUT2D eigenvalue weighted by Crippen LogP contribution is 2.36. The number of nitrogen functional groups attached to an aromatic ring is 1. The minimum absolute atomic E-state index is 0.128. The topological polar surface area (TPSA) is 46.3 Å². The minimum atomic E-state index is -0.375. The first-order valence-electron chi connectivity index (χ1n) is 6.74. The van der Waals surface area contributed by atoms with Crippen LogP contribution in [0.25, 0.3) is 10.1 Å². The summed E-state index contributed by atoms with van der Waals surface area (Å²) in [7, 11) is 1.78. The van der Waals surface area contributed by atoms with Crippen molar-refractivity contribution in [3.8, 4) is 0 Å². The predicted molar refractivity (Wildman–Crippen MR) is 82.7 cm³/mol. The standard InChI is InChI=1S/C15H19FN2OS/c1-4-9(5-2)18(3)15(19)14-13(17)12-10(16)7-6-8-11(12)20-14/h6-9H,4-5,17H2,1-3H3. The van der Waals surface area contributed by atoms with Crippen LogP contribution in [0.3, 0.4) is 0 Å². The van der Waals surface area contributed by atoms with Gasteiger partial charge in [0.25, 0.3) is 5.91 Å². The molecule has 1 amide bonds. The van der Waals surface area contributed by atoms with Gasteiger partial charge in [0.15, 0.2) is 0 Å². The van der Waals surface area contributed by atoms with Gasteiger partial charge in [-0.3, -0.25) is 4.79 Å². The molecule has 0 saturated heterocycles. The Hall–Kier alpha value is -1.62. The van der Waals surface area contributed by atoms with Crippen LogP contribution in [0.4, 0.5) is 10.1 Å². The van der Waals surface area contributed by atoms with E-state index in [9.17, 15) is 9.18 Å². The van der Waals surface area contributed by atoms with Crippen LogP contribution >= 0.6 is 11.3 Å². The summed E-state index contributed by atoms with van der Waals surface area (Å²) in [5.41, 5.74) is 6.24. The molecule has 0 bridgehead atoms. The van der Waals surface area contributed by atoms with Crippen molar-refractivity contribution in [3.63, 3.8) is 0 Å². The molecule has 0 aliphatic heterocycles.